The van der Waals surface area contributed by atoms with Gasteiger partial charge in [0.15, 0.2) is 5.75 Å². The van der Waals surface area contributed by atoms with Gasteiger partial charge in [-0.3, -0.25) is 0 Å². The first-order valence-electron chi connectivity index (χ1n) is 10.3. The molecule has 0 unspecified atom stereocenters. The summed E-state index contributed by atoms with van der Waals surface area (Å²) in [6.07, 6.45) is -1.72. The maximum atomic E-state index is 12.6. The van der Waals surface area contributed by atoms with E-state index in [0.29, 0.717) is 48.8 Å². The van der Waals surface area contributed by atoms with Crippen LogP contribution in [0.4, 0.5) is 13.2 Å². The Morgan fingerprint density at radius 2 is 1.47 bits per heavy atom. The van der Waals surface area contributed by atoms with Crippen molar-refractivity contribution in [3.05, 3.63) is 80.9 Å². The smallest absolute Gasteiger partial charge is 0.417 e. The van der Waals surface area contributed by atoms with Crippen LogP contribution in [0.1, 0.15) is 12.0 Å². The van der Waals surface area contributed by atoms with Crippen molar-refractivity contribution in [2.24, 2.45) is 0 Å². The van der Waals surface area contributed by atoms with E-state index in [-0.39, 0.29) is 27.0 Å². The summed E-state index contributed by atoms with van der Waals surface area (Å²) in [6, 6.07) is 11.8. The Morgan fingerprint density at radius 3 is 2.06 bits per heavy atom. The van der Waals surface area contributed by atoms with Gasteiger partial charge in [-0.05, 0) is 36.4 Å². The third-order valence-electron chi connectivity index (χ3n) is 4.37. The van der Waals surface area contributed by atoms with E-state index in [0.717, 1.165) is 12.1 Å². The number of benzene rings is 2. The number of ether oxygens (including phenoxy) is 4. The van der Waals surface area contributed by atoms with E-state index in [4.69, 9.17) is 65.4 Å². The molecule has 5 nitrogen and oxygen atoms in total. The first-order chi connectivity index (χ1) is 17.1. The molecule has 0 amide bonds. The normalized spacial score (nSPS) is 11.1. The molecular weight excluding hydrogens is 565 g/mol. The van der Waals surface area contributed by atoms with Gasteiger partial charge in [-0.1, -0.05) is 46.4 Å². The average Bonchev–Trinajstić information content (AvgIpc) is 2.81. The molecule has 0 saturated heterocycles. The van der Waals surface area contributed by atoms with Crippen LogP contribution in [0.3, 0.4) is 0 Å². The van der Waals surface area contributed by atoms with Crippen molar-refractivity contribution in [1.82, 2.24) is 4.98 Å². The summed E-state index contributed by atoms with van der Waals surface area (Å²) in [5, 5.41) is 0.579. The first kappa shape index (κ1) is 28.1. The lowest BCUT2D eigenvalue weighted by molar-refractivity contribution is -0.137. The van der Waals surface area contributed by atoms with Gasteiger partial charge in [0.1, 0.15) is 28.3 Å². The summed E-state index contributed by atoms with van der Waals surface area (Å²) >= 11 is 23.5. The van der Waals surface area contributed by atoms with Crippen molar-refractivity contribution in [3.63, 3.8) is 0 Å². The van der Waals surface area contributed by atoms with Crippen molar-refractivity contribution in [2.45, 2.75) is 12.6 Å². The predicted molar refractivity (Wildman–Crippen MR) is 133 cm³/mol. The predicted octanol–water partition coefficient (Wildman–Crippen LogP) is 8.75. The second-order valence-corrected chi connectivity index (χ2v) is 8.85. The summed E-state index contributed by atoms with van der Waals surface area (Å²) in [6.45, 7) is 0.805. The van der Waals surface area contributed by atoms with E-state index in [2.05, 4.69) is 4.98 Å². The second-order valence-electron chi connectivity index (χ2n) is 7.03. The van der Waals surface area contributed by atoms with Crippen LogP contribution in [0.15, 0.2) is 65.3 Å². The van der Waals surface area contributed by atoms with Gasteiger partial charge in [-0.15, -0.1) is 0 Å². The molecule has 1 aromatic heterocycles. The van der Waals surface area contributed by atoms with E-state index in [1.807, 2.05) is 0 Å². The number of rotatable bonds is 11. The third kappa shape index (κ3) is 8.85. The minimum atomic E-state index is -4.45. The minimum Gasteiger partial charge on any atom is -0.493 e. The highest BCUT2D eigenvalue weighted by molar-refractivity contribution is 6.55. The monoisotopic (exact) mass is 581 g/mol. The molecule has 3 rings (SSSR count). The van der Waals surface area contributed by atoms with Crippen LogP contribution in [0.2, 0.25) is 10.0 Å². The highest BCUT2D eigenvalue weighted by atomic mass is 35.5. The largest absolute Gasteiger partial charge is 0.493 e. The van der Waals surface area contributed by atoms with E-state index >= 15 is 0 Å². The molecule has 0 spiro atoms. The maximum absolute atomic E-state index is 12.6. The Kier molecular flexibility index (Phi) is 10.2. The van der Waals surface area contributed by atoms with Crippen molar-refractivity contribution in [3.8, 4) is 28.9 Å². The van der Waals surface area contributed by atoms with Gasteiger partial charge < -0.3 is 18.9 Å². The van der Waals surface area contributed by atoms with Crippen molar-refractivity contribution in [1.29, 1.82) is 0 Å². The zero-order valence-electron chi connectivity index (χ0n) is 18.3. The Balaban J connectivity index is 1.42. The van der Waals surface area contributed by atoms with Crippen LogP contribution in [-0.2, 0) is 6.18 Å². The molecule has 12 heteroatoms. The molecule has 36 heavy (non-hydrogen) atoms. The fourth-order valence-corrected chi connectivity index (χ4v) is 3.42. The van der Waals surface area contributed by atoms with Crippen LogP contribution in [0, 0.1) is 0 Å². The highest BCUT2D eigenvalue weighted by Crippen LogP contribution is 2.37. The molecule has 1 heterocycles. The van der Waals surface area contributed by atoms with E-state index < -0.39 is 11.7 Å². The summed E-state index contributed by atoms with van der Waals surface area (Å²) < 4.78 is 60.1. The molecule has 0 aliphatic carbocycles. The first-order valence-corrected chi connectivity index (χ1v) is 11.8. The Morgan fingerprint density at radius 1 is 0.833 bits per heavy atom. The Bertz CT molecular complexity index is 1150. The Labute approximate surface area is 225 Å². The lowest BCUT2D eigenvalue weighted by atomic mass is 10.3. The molecule has 0 aliphatic rings. The standard InChI is InChI=1S/C24H18Cl4F3NO4/c25-19-12-18(34-11-8-21(27)28)13-20(26)23(19)35-10-1-9-33-16-3-5-17(6-4-16)36-22-7-2-15(14-32-22)24(29,30)31/h2-8,12-14H,1,9-11H2. The zero-order valence-corrected chi connectivity index (χ0v) is 21.4. The molecular formula is C24H18Cl4F3NO4. The number of halogens is 7. The van der Waals surface area contributed by atoms with Crippen LogP contribution < -0.4 is 18.9 Å². The summed E-state index contributed by atoms with van der Waals surface area (Å²) in [4.78, 5) is 3.67. The SMILES string of the molecule is FC(F)(F)c1ccc(Oc2ccc(OCCCOc3c(Cl)cc(OCC=C(Cl)Cl)cc3Cl)cc2)nc1. The van der Waals surface area contributed by atoms with Crippen LogP contribution in [0.25, 0.3) is 0 Å². The number of hydrogen-bond donors (Lipinski definition) is 0. The van der Waals surface area contributed by atoms with E-state index in [1.54, 1.807) is 36.4 Å². The summed E-state index contributed by atoms with van der Waals surface area (Å²) in [5.74, 6) is 1.79. The second kappa shape index (κ2) is 13.1. The molecule has 0 N–H and O–H groups in total. The van der Waals surface area contributed by atoms with Gasteiger partial charge in [0.2, 0.25) is 5.88 Å². The average molecular weight is 583 g/mol. The van der Waals surface area contributed by atoms with Gasteiger partial charge in [0.25, 0.3) is 0 Å². The lowest BCUT2D eigenvalue weighted by Gasteiger charge is -2.13. The van der Waals surface area contributed by atoms with E-state index in [9.17, 15) is 13.2 Å². The van der Waals surface area contributed by atoms with Crippen molar-refractivity contribution < 1.29 is 32.1 Å². The molecule has 0 aliphatic heterocycles. The van der Waals surface area contributed by atoms with Gasteiger partial charge in [0.05, 0.1) is 28.8 Å². The van der Waals surface area contributed by atoms with Crippen LogP contribution in [0.5, 0.6) is 28.9 Å². The van der Waals surface area contributed by atoms with Crippen LogP contribution in [-0.4, -0.2) is 24.8 Å². The fourth-order valence-electron chi connectivity index (χ4n) is 2.71. The van der Waals surface area contributed by atoms with Gasteiger partial charge in [-0.25, -0.2) is 4.98 Å². The fraction of sp³-hybridized carbons (Fsp3) is 0.208. The molecule has 192 valence electrons. The van der Waals surface area contributed by atoms with Crippen molar-refractivity contribution in [2.75, 3.05) is 19.8 Å². The lowest BCUT2D eigenvalue weighted by Crippen LogP contribution is -2.06. The highest BCUT2D eigenvalue weighted by Gasteiger charge is 2.30. The quantitative estimate of drug-likeness (QED) is 0.212. The molecule has 3 aromatic rings. The van der Waals surface area contributed by atoms with Crippen LogP contribution >= 0.6 is 46.4 Å². The Hall–Kier alpha value is -2.52. The number of aromatic nitrogens is 1. The summed E-state index contributed by atoms with van der Waals surface area (Å²) in [5.41, 5.74) is -0.848. The maximum Gasteiger partial charge on any atom is 0.417 e. The third-order valence-corrected chi connectivity index (χ3v) is 5.24. The molecule has 0 fully saturated rings. The topological polar surface area (TPSA) is 49.8 Å². The number of hydrogen-bond acceptors (Lipinski definition) is 5. The molecule has 2 aromatic carbocycles. The number of nitrogens with zero attached hydrogens (tertiary/aromatic N) is 1. The number of pyridine rings is 1. The molecule has 0 atom stereocenters. The molecule has 0 radical (unpaired) electrons. The minimum absolute atomic E-state index is 0.0437. The van der Waals surface area contributed by atoms with Gasteiger partial charge >= 0.3 is 6.18 Å². The van der Waals surface area contributed by atoms with E-state index in [1.165, 1.54) is 6.08 Å². The van der Waals surface area contributed by atoms with Crippen molar-refractivity contribution >= 4 is 46.4 Å². The molecule has 0 saturated carbocycles. The van der Waals surface area contributed by atoms with Gasteiger partial charge in [0, 0.05) is 30.8 Å². The van der Waals surface area contributed by atoms with Gasteiger partial charge in [-0.2, -0.15) is 13.2 Å². The number of alkyl halides is 3. The summed E-state index contributed by atoms with van der Waals surface area (Å²) in [7, 11) is 0. The zero-order chi connectivity index (χ0) is 26.1. The molecule has 0 bridgehead atoms.